The quantitative estimate of drug-likeness (QED) is 0.568. The van der Waals surface area contributed by atoms with Gasteiger partial charge in [-0.1, -0.05) is 18.2 Å². The van der Waals surface area contributed by atoms with E-state index < -0.39 is 0 Å². The summed E-state index contributed by atoms with van der Waals surface area (Å²) in [6, 6.07) is 9.69. The Morgan fingerprint density at radius 1 is 1.23 bits per heavy atom. The Labute approximate surface area is 148 Å². The molecule has 0 radical (unpaired) electrons. The molecule has 0 saturated carbocycles. The molecule has 0 aliphatic rings. The fourth-order valence-electron chi connectivity index (χ4n) is 2.64. The number of amides is 1. The van der Waals surface area contributed by atoms with Gasteiger partial charge in [-0.2, -0.15) is 5.10 Å². The summed E-state index contributed by atoms with van der Waals surface area (Å²) in [6.45, 7) is 0.127. The van der Waals surface area contributed by atoms with Gasteiger partial charge in [0.25, 0.3) is 0 Å². The average Bonchev–Trinajstić information content (AvgIpc) is 3.31. The molecule has 3 aromatic heterocycles. The van der Waals surface area contributed by atoms with Gasteiger partial charge in [-0.25, -0.2) is 19.6 Å². The molecule has 0 spiro atoms. The lowest BCUT2D eigenvalue weighted by Gasteiger charge is -2.17. The van der Waals surface area contributed by atoms with E-state index in [1.54, 1.807) is 35.4 Å². The molecule has 0 aliphatic carbocycles. The van der Waals surface area contributed by atoms with E-state index in [1.807, 2.05) is 30.3 Å². The van der Waals surface area contributed by atoms with Crippen molar-refractivity contribution in [3.8, 4) is 5.69 Å². The predicted molar refractivity (Wildman–Crippen MR) is 97.1 cm³/mol. The number of rotatable bonds is 5. The van der Waals surface area contributed by atoms with Gasteiger partial charge in [0, 0.05) is 7.05 Å². The highest BCUT2D eigenvalue weighted by Crippen LogP contribution is 2.18. The standard InChI is InChI=1S/C17H16N8O/c1-24(17-15-16(19-10-18-15)20-11-21-17)9-14(26)23-12-7-22-25(8-12)13-5-3-2-4-6-13/h2-8,10-11H,9H2,1H3,(H,23,26)(H,18,19,20,21). The van der Waals surface area contributed by atoms with Crippen molar-refractivity contribution in [2.24, 2.45) is 0 Å². The molecule has 0 unspecified atom stereocenters. The van der Waals surface area contributed by atoms with E-state index in [4.69, 9.17) is 0 Å². The van der Waals surface area contributed by atoms with Crippen LogP contribution < -0.4 is 10.2 Å². The second-order valence-corrected chi connectivity index (χ2v) is 5.71. The number of nitrogens with zero attached hydrogens (tertiary/aromatic N) is 6. The van der Waals surface area contributed by atoms with Crippen molar-refractivity contribution in [3.05, 3.63) is 55.4 Å². The maximum Gasteiger partial charge on any atom is 0.244 e. The Balaban J connectivity index is 1.44. The number of carbonyl (C=O) groups is 1. The lowest BCUT2D eigenvalue weighted by Crippen LogP contribution is -2.30. The average molecular weight is 348 g/mol. The summed E-state index contributed by atoms with van der Waals surface area (Å²) < 4.78 is 1.71. The largest absolute Gasteiger partial charge is 0.348 e. The zero-order valence-electron chi connectivity index (χ0n) is 14.0. The van der Waals surface area contributed by atoms with Gasteiger partial charge in [0.05, 0.1) is 36.6 Å². The van der Waals surface area contributed by atoms with Gasteiger partial charge < -0.3 is 15.2 Å². The van der Waals surface area contributed by atoms with Crippen LogP contribution in [0.5, 0.6) is 0 Å². The fourth-order valence-corrected chi connectivity index (χ4v) is 2.64. The van der Waals surface area contributed by atoms with Crippen molar-refractivity contribution in [2.45, 2.75) is 0 Å². The molecule has 4 aromatic rings. The summed E-state index contributed by atoms with van der Waals surface area (Å²) in [6.07, 6.45) is 6.36. The molecule has 130 valence electrons. The highest BCUT2D eigenvalue weighted by molar-refractivity contribution is 5.95. The van der Waals surface area contributed by atoms with Crippen molar-refractivity contribution in [1.82, 2.24) is 29.7 Å². The number of aromatic nitrogens is 6. The van der Waals surface area contributed by atoms with Crippen LogP contribution in [-0.4, -0.2) is 49.2 Å². The highest BCUT2D eigenvalue weighted by atomic mass is 16.2. The first-order chi connectivity index (χ1) is 12.7. The molecule has 0 saturated heterocycles. The summed E-state index contributed by atoms with van der Waals surface area (Å²) in [5, 5.41) is 7.11. The smallest absolute Gasteiger partial charge is 0.244 e. The second kappa shape index (κ2) is 6.63. The van der Waals surface area contributed by atoms with Gasteiger partial charge in [0.2, 0.25) is 5.91 Å². The van der Waals surface area contributed by atoms with Gasteiger partial charge in [0.15, 0.2) is 11.5 Å². The number of benzene rings is 1. The first kappa shape index (κ1) is 15.8. The Hall–Kier alpha value is -3.75. The number of nitrogens with one attached hydrogen (secondary N) is 2. The van der Waals surface area contributed by atoms with Crippen LogP contribution >= 0.6 is 0 Å². The van der Waals surface area contributed by atoms with Crippen LogP contribution in [0.2, 0.25) is 0 Å². The molecule has 0 atom stereocenters. The summed E-state index contributed by atoms with van der Waals surface area (Å²) in [7, 11) is 1.79. The number of likely N-dealkylation sites (N-methyl/N-ethyl adjacent to an activating group) is 1. The molecule has 9 nitrogen and oxygen atoms in total. The van der Waals surface area contributed by atoms with Crippen LogP contribution in [0.25, 0.3) is 16.9 Å². The third kappa shape index (κ3) is 3.09. The minimum Gasteiger partial charge on any atom is -0.348 e. The molecule has 2 N–H and O–H groups in total. The van der Waals surface area contributed by atoms with E-state index in [9.17, 15) is 4.79 Å². The third-order valence-corrected chi connectivity index (χ3v) is 3.83. The van der Waals surface area contributed by atoms with E-state index >= 15 is 0 Å². The minimum atomic E-state index is -0.175. The third-order valence-electron chi connectivity index (χ3n) is 3.83. The number of H-pyrrole nitrogens is 1. The van der Waals surface area contributed by atoms with Crippen LogP contribution in [0.3, 0.4) is 0 Å². The van der Waals surface area contributed by atoms with Crippen molar-refractivity contribution in [1.29, 1.82) is 0 Å². The highest BCUT2D eigenvalue weighted by Gasteiger charge is 2.14. The Morgan fingerprint density at radius 3 is 2.92 bits per heavy atom. The van der Waals surface area contributed by atoms with Crippen LogP contribution in [0.1, 0.15) is 0 Å². The number of imidazole rings is 1. The molecular formula is C17H16N8O. The lowest BCUT2D eigenvalue weighted by molar-refractivity contribution is -0.114. The fraction of sp³-hybridized carbons (Fsp3) is 0.118. The molecule has 0 aliphatic heterocycles. The summed E-state index contributed by atoms with van der Waals surface area (Å²) in [4.78, 5) is 29.5. The van der Waals surface area contributed by atoms with Crippen molar-refractivity contribution in [2.75, 3.05) is 23.8 Å². The summed E-state index contributed by atoms with van der Waals surface area (Å²) >= 11 is 0. The number of para-hydroxylation sites is 1. The summed E-state index contributed by atoms with van der Waals surface area (Å²) in [5.74, 6) is 0.439. The van der Waals surface area contributed by atoms with Gasteiger partial charge in [-0.15, -0.1) is 0 Å². The van der Waals surface area contributed by atoms with Crippen LogP contribution in [-0.2, 0) is 4.79 Å². The monoisotopic (exact) mass is 348 g/mol. The maximum atomic E-state index is 12.4. The lowest BCUT2D eigenvalue weighted by atomic mass is 10.3. The molecule has 1 aromatic carbocycles. The summed E-state index contributed by atoms with van der Waals surface area (Å²) in [5.41, 5.74) is 2.81. The van der Waals surface area contributed by atoms with Gasteiger partial charge in [-0.3, -0.25) is 4.79 Å². The van der Waals surface area contributed by atoms with Crippen molar-refractivity contribution < 1.29 is 4.79 Å². The minimum absolute atomic E-state index is 0.127. The van der Waals surface area contributed by atoms with Crippen LogP contribution in [0.4, 0.5) is 11.5 Å². The molecular weight excluding hydrogens is 332 g/mol. The number of aromatic amines is 1. The Bertz CT molecular complexity index is 1040. The van der Waals surface area contributed by atoms with E-state index in [1.165, 1.54) is 6.33 Å². The molecule has 1 amide bonds. The van der Waals surface area contributed by atoms with E-state index in [-0.39, 0.29) is 12.5 Å². The topological polar surface area (TPSA) is 105 Å². The molecule has 26 heavy (non-hydrogen) atoms. The van der Waals surface area contributed by atoms with Gasteiger partial charge in [0.1, 0.15) is 11.8 Å². The number of fused-ring (bicyclic) bond motifs is 1. The molecule has 0 fully saturated rings. The Kier molecular flexibility index (Phi) is 4.02. The first-order valence-corrected chi connectivity index (χ1v) is 7.96. The van der Waals surface area contributed by atoms with E-state index in [2.05, 4.69) is 30.4 Å². The number of anilines is 2. The van der Waals surface area contributed by atoms with Crippen LogP contribution in [0, 0.1) is 0 Å². The number of hydrogen-bond acceptors (Lipinski definition) is 6. The Morgan fingerprint density at radius 2 is 2.08 bits per heavy atom. The normalized spacial score (nSPS) is 10.8. The second-order valence-electron chi connectivity index (χ2n) is 5.71. The zero-order chi connectivity index (χ0) is 17.9. The predicted octanol–water partition coefficient (Wildman–Crippen LogP) is 1.61. The zero-order valence-corrected chi connectivity index (χ0v) is 14.0. The van der Waals surface area contributed by atoms with E-state index in [0.29, 0.717) is 22.7 Å². The van der Waals surface area contributed by atoms with Gasteiger partial charge in [-0.05, 0) is 12.1 Å². The van der Waals surface area contributed by atoms with Crippen molar-refractivity contribution >= 4 is 28.6 Å². The molecule has 3 heterocycles. The first-order valence-electron chi connectivity index (χ1n) is 7.96. The molecule has 0 bridgehead atoms. The number of carbonyl (C=O) groups excluding carboxylic acids is 1. The van der Waals surface area contributed by atoms with Crippen LogP contribution in [0.15, 0.2) is 55.4 Å². The van der Waals surface area contributed by atoms with Gasteiger partial charge >= 0.3 is 0 Å². The van der Waals surface area contributed by atoms with Crippen molar-refractivity contribution in [3.63, 3.8) is 0 Å². The maximum absolute atomic E-state index is 12.4. The molecule has 4 rings (SSSR count). The molecule has 9 heteroatoms. The SMILES string of the molecule is CN(CC(=O)Nc1cnn(-c2ccccc2)c1)c1ncnc2nc[nH]c12. The number of hydrogen-bond donors (Lipinski definition) is 2. The van der Waals surface area contributed by atoms with E-state index in [0.717, 1.165) is 5.69 Å².